The molecular formula is C28H20ClN3O4. The van der Waals surface area contributed by atoms with Crippen molar-refractivity contribution in [3.8, 4) is 11.8 Å². The molecule has 0 saturated carbocycles. The maximum absolute atomic E-state index is 12.6. The van der Waals surface area contributed by atoms with Gasteiger partial charge in [-0.25, -0.2) is 0 Å². The summed E-state index contributed by atoms with van der Waals surface area (Å²) in [5.41, 5.74) is 2.56. The minimum Gasteiger partial charge on any atom is -0.487 e. The van der Waals surface area contributed by atoms with Gasteiger partial charge in [0.1, 0.15) is 24.0 Å². The first-order valence-electron chi connectivity index (χ1n) is 10.9. The first-order chi connectivity index (χ1) is 17.4. The number of halogens is 1. The average Bonchev–Trinajstić information content (AvgIpc) is 2.87. The Balaban J connectivity index is 1.50. The van der Waals surface area contributed by atoms with E-state index < -0.39 is 10.8 Å². The topological polar surface area (TPSA) is 105 Å². The van der Waals surface area contributed by atoms with Crippen molar-refractivity contribution < 1.29 is 14.5 Å². The molecule has 0 fully saturated rings. The number of non-ortho nitro benzene ring substituents is 1. The zero-order chi connectivity index (χ0) is 25.7. The second-order valence-electron chi connectivity index (χ2n) is 7.99. The second-order valence-corrected chi connectivity index (χ2v) is 8.40. The number of nitro benzene ring substituents is 1. The lowest BCUT2D eigenvalue weighted by atomic mass is 10.0. The van der Waals surface area contributed by atoms with Gasteiger partial charge < -0.3 is 10.1 Å². The second kappa shape index (κ2) is 10.7. The van der Waals surface area contributed by atoms with Crippen LogP contribution in [0.5, 0.6) is 5.75 Å². The number of nitrogens with zero attached hydrogens (tertiary/aromatic N) is 2. The largest absolute Gasteiger partial charge is 0.487 e. The lowest BCUT2D eigenvalue weighted by Crippen LogP contribution is -2.13. The van der Waals surface area contributed by atoms with Gasteiger partial charge in [-0.2, -0.15) is 5.26 Å². The Morgan fingerprint density at radius 3 is 2.67 bits per heavy atom. The van der Waals surface area contributed by atoms with Crippen LogP contribution >= 0.6 is 11.6 Å². The molecule has 7 nitrogen and oxygen atoms in total. The van der Waals surface area contributed by atoms with Gasteiger partial charge in [0.25, 0.3) is 11.6 Å². The summed E-state index contributed by atoms with van der Waals surface area (Å²) < 4.78 is 6.00. The maximum atomic E-state index is 12.6. The van der Waals surface area contributed by atoms with Crippen LogP contribution in [0.25, 0.3) is 16.8 Å². The summed E-state index contributed by atoms with van der Waals surface area (Å²) in [5, 5.41) is 25.5. The number of aryl methyl sites for hydroxylation is 1. The van der Waals surface area contributed by atoms with E-state index in [0.717, 1.165) is 21.9 Å². The van der Waals surface area contributed by atoms with Crippen LogP contribution in [0.1, 0.15) is 16.7 Å². The highest BCUT2D eigenvalue weighted by Gasteiger charge is 2.13. The molecular weight excluding hydrogens is 478 g/mol. The van der Waals surface area contributed by atoms with E-state index in [4.69, 9.17) is 16.3 Å². The third-order valence-corrected chi connectivity index (χ3v) is 5.89. The van der Waals surface area contributed by atoms with E-state index in [0.29, 0.717) is 22.9 Å². The van der Waals surface area contributed by atoms with E-state index >= 15 is 0 Å². The molecule has 36 heavy (non-hydrogen) atoms. The smallest absolute Gasteiger partial charge is 0.271 e. The summed E-state index contributed by atoms with van der Waals surface area (Å²) in [6, 6.07) is 24.5. The van der Waals surface area contributed by atoms with Gasteiger partial charge >= 0.3 is 0 Å². The van der Waals surface area contributed by atoms with E-state index in [1.165, 1.54) is 30.3 Å². The van der Waals surface area contributed by atoms with Gasteiger partial charge in [-0.15, -0.1) is 0 Å². The van der Waals surface area contributed by atoms with Gasteiger partial charge in [-0.3, -0.25) is 14.9 Å². The number of amides is 1. The number of ether oxygens (including phenoxy) is 1. The van der Waals surface area contributed by atoms with Crippen LogP contribution in [-0.2, 0) is 11.4 Å². The predicted octanol–water partition coefficient (Wildman–Crippen LogP) is 6.83. The van der Waals surface area contributed by atoms with Crippen LogP contribution in [0.3, 0.4) is 0 Å². The van der Waals surface area contributed by atoms with Gasteiger partial charge in [0.15, 0.2) is 0 Å². The summed E-state index contributed by atoms with van der Waals surface area (Å²) >= 11 is 6.44. The summed E-state index contributed by atoms with van der Waals surface area (Å²) in [5.74, 6) is -0.221. The Labute approximate surface area is 212 Å². The number of rotatable bonds is 7. The molecule has 0 bridgehead atoms. The first-order valence-corrected chi connectivity index (χ1v) is 11.3. The quantitative estimate of drug-likeness (QED) is 0.130. The van der Waals surface area contributed by atoms with Crippen LogP contribution in [0.2, 0.25) is 5.02 Å². The molecule has 0 atom stereocenters. The molecule has 0 radical (unpaired) electrons. The molecule has 1 amide bonds. The van der Waals surface area contributed by atoms with E-state index in [1.54, 1.807) is 18.2 Å². The fourth-order valence-corrected chi connectivity index (χ4v) is 3.96. The van der Waals surface area contributed by atoms with Crippen molar-refractivity contribution in [1.29, 1.82) is 5.26 Å². The number of anilines is 1. The van der Waals surface area contributed by atoms with E-state index in [-0.39, 0.29) is 16.9 Å². The van der Waals surface area contributed by atoms with Crippen LogP contribution in [0, 0.1) is 28.4 Å². The first kappa shape index (κ1) is 24.5. The number of hydrogen-bond donors (Lipinski definition) is 1. The van der Waals surface area contributed by atoms with Crippen LogP contribution in [0.15, 0.2) is 84.4 Å². The Kier molecular flexibility index (Phi) is 7.28. The number of benzene rings is 4. The number of nitrogens with one attached hydrogen (secondary N) is 1. The van der Waals surface area contributed by atoms with Gasteiger partial charge in [-0.05, 0) is 53.1 Å². The number of carbonyl (C=O) groups excluding carboxylic acids is 1. The Morgan fingerprint density at radius 2 is 1.92 bits per heavy atom. The molecule has 178 valence electrons. The van der Waals surface area contributed by atoms with Gasteiger partial charge in [0, 0.05) is 23.4 Å². The van der Waals surface area contributed by atoms with Gasteiger partial charge in [-0.1, -0.05) is 60.1 Å². The average molecular weight is 498 g/mol. The zero-order valence-electron chi connectivity index (χ0n) is 19.2. The molecule has 0 spiro atoms. The van der Waals surface area contributed by atoms with Crippen LogP contribution < -0.4 is 10.1 Å². The van der Waals surface area contributed by atoms with Crippen molar-refractivity contribution in [2.45, 2.75) is 13.5 Å². The molecule has 0 aromatic heterocycles. The molecule has 0 heterocycles. The number of nitro groups is 1. The summed E-state index contributed by atoms with van der Waals surface area (Å²) in [6.07, 6.45) is 1.39. The molecule has 1 N–H and O–H groups in total. The Morgan fingerprint density at radius 1 is 1.11 bits per heavy atom. The molecule has 0 unspecified atom stereocenters. The van der Waals surface area contributed by atoms with Crippen molar-refractivity contribution in [3.05, 3.63) is 116 Å². The summed E-state index contributed by atoms with van der Waals surface area (Å²) in [6.45, 7) is 2.36. The molecule has 0 saturated heterocycles. The van der Waals surface area contributed by atoms with Crippen LogP contribution in [-0.4, -0.2) is 10.8 Å². The minimum atomic E-state index is -0.694. The van der Waals surface area contributed by atoms with Crippen molar-refractivity contribution in [2.75, 3.05) is 5.32 Å². The Bertz CT molecular complexity index is 1560. The molecule has 4 aromatic rings. The standard InChI is InChI=1S/C28H20ClN3O4/c1-18-9-11-20-5-2-3-8-24(20)25(18)17-36-27-12-10-19(14-26(27)29)13-21(16-30)28(33)31-22-6-4-7-23(15-22)32(34)35/h2-15H,17H2,1H3,(H,31,33)/b21-13+. The molecule has 8 heteroatoms. The van der Waals surface area contributed by atoms with E-state index in [9.17, 15) is 20.2 Å². The SMILES string of the molecule is Cc1ccc2ccccc2c1COc1ccc(/C=C(\C#N)C(=O)Nc2cccc([N+](=O)[O-])c2)cc1Cl. The monoisotopic (exact) mass is 497 g/mol. The third-order valence-electron chi connectivity index (χ3n) is 5.59. The lowest BCUT2D eigenvalue weighted by molar-refractivity contribution is -0.384. The van der Waals surface area contributed by atoms with Crippen molar-refractivity contribution in [3.63, 3.8) is 0 Å². The molecule has 0 aliphatic carbocycles. The summed E-state index contributed by atoms with van der Waals surface area (Å²) in [7, 11) is 0. The van der Waals surface area contributed by atoms with E-state index in [2.05, 4.69) is 23.5 Å². The maximum Gasteiger partial charge on any atom is 0.271 e. The van der Waals surface area contributed by atoms with Crippen molar-refractivity contribution in [1.82, 2.24) is 0 Å². The number of carbonyl (C=O) groups is 1. The fraction of sp³-hybridized carbons (Fsp3) is 0.0714. The Hall–Kier alpha value is -4.67. The van der Waals surface area contributed by atoms with Gasteiger partial charge in [0.2, 0.25) is 0 Å². The predicted molar refractivity (Wildman–Crippen MR) is 140 cm³/mol. The fourth-order valence-electron chi connectivity index (χ4n) is 3.72. The lowest BCUT2D eigenvalue weighted by Gasteiger charge is -2.13. The third kappa shape index (κ3) is 5.52. The number of fused-ring (bicyclic) bond motifs is 1. The van der Waals surface area contributed by atoms with Crippen molar-refractivity contribution >= 4 is 45.7 Å². The normalized spacial score (nSPS) is 11.1. The number of hydrogen-bond acceptors (Lipinski definition) is 5. The van der Waals surface area contributed by atoms with Crippen molar-refractivity contribution in [2.24, 2.45) is 0 Å². The highest BCUT2D eigenvalue weighted by molar-refractivity contribution is 6.32. The highest BCUT2D eigenvalue weighted by atomic mass is 35.5. The highest BCUT2D eigenvalue weighted by Crippen LogP contribution is 2.29. The molecule has 4 aromatic carbocycles. The van der Waals surface area contributed by atoms with Gasteiger partial charge in [0.05, 0.1) is 9.95 Å². The molecule has 4 rings (SSSR count). The van der Waals surface area contributed by atoms with Crippen LogP contribution in [0.4, 0.5) is 11.4 Å². The molecule has 0 aliphatic rings. The zero-order valence-corrected chi connectivity index (χ0v) is 20.0. The minimum absolute atomic E-state index is 0.170. The van der Waals surface area contributed by atoms with E-state index in [1.807, 2.05) is 31.2 Å². The molecule has 0 aliphatic heterocycles. The number of nitriles is 1. The summed E-state index contributed by atoms with van der Waals surface area (Å²) in [4.78, 5) is 22.9.